The van der Waals surface area contributed by atoms with Gasteiger partial charge in [0.15, 0.2) is 0 Å². The van der Waals surface area contributed by atoms with Crippen LogP contribution in [0.1, 0.15) is 66.1 Å². The number of hydrogen-bond acceptors (Lipinski definition) is 4. The van der Waals surface area contributed by atoms with Gasteiger partial charge in [-0.3, -0.25) is 15.0 Å². The van der Waals surface area contributed by atoms with Crippen LogP contribution < -0.4 is 5.73 Å². The Bertz CT molecular complexity index is 3220. The second-order valence-corrected chi connectivity index (χ2v) is 15.7. The highest BCUT2D eigenvalue weighted by atomic mass is 15.0. The summed E-state index contributed by atoms with van der Waals surface area (Å²) in [6.07, 6.45) is 36.7. The Hall–Kier alpha value is -8.63. The van der Waals surface area contributed by atoms with Crippen LogP contribution in [0.25, 0.3) is 72.4 Å². The zero-order chi connectivity index (χ0) is 53.5. The molecule has 7 aromatic rings. The molecule has 372 valence electrons. The van der Waals surface area contributed by atoms with Crippen molar-refractivity contribution in [2.24, 2.45) is 20.7 Å². The van der Waals surface area contributed by atoms with E-state index in [-0.39, 0.29) is 0 Å². The summed E-state index contributed by atoms with van der Waals surface area (Å²) in [5.74, 6) is 0. The summed E-state index contributed by atoms with van der Waals surface area (Å²) in [5.41, 5.74) is 20.8. The molecule has 1 aliphatic carbocycles. The van der Waals surface area contributed by atoms with Crippen molar-refractivity contribution in [2.75, 3.05) is 6.54 Å². The quantitative estimate of drug-likeness (QED) is 0.0501. The van der Waals surface area contributed by atoms with Gasteiger partial charge in [0.05, 0.1) is 22.2 Å². The van der Waals surface area contributed by atoms with Gasteiger partial charge in [-0.05, 0) is 152 Å². The minimum atomic E-state index is 0.645. The van der Waals surface area contributed by atoms with Crippen molar-refractivity contribution in [3.8, 4) is 40.8 Å². The van der Waals surface area contributed by atoms with Gasteiger partial charge in [0.25, 0.3) is 0 Å². The van der Waals surface area contributed by atoms with Crippen LogP contribution in [0.15, 0.2) is 240 Å². The molecule has 1 aliphatic rings. The monoisotopic (exact) mass is 963 g/mol. The fourth-order valence-corrected chi connectivity index (χ4v) is 8.13. The number of allylic oxidation sites excluding steroid dienone is 13. The molecule has 0 atom stereocenters. The van der Waals surface area contributed by atoms with Crippen LogP contribution in [-0.4, -0.2) is 35.3 Å². The zero-order valence-corrected chi connectivity index (χ0v) is 44.2. The molecule has 0 radical (unpaired) electrons. The van der Waals surface area contributed by atoms with Gasteiger partial charge in [-0.2, -0.15) is 0 Å². The van der Waals surface area contributed by atoms with E-state index in [0.717, 1.165) is 57.7 Å². The van der Waals surface area contributed by atoms with E-state index in [1.807, 2.05) is 59.8 Å². The van der Waals surface area contributed by atoms with E-state index in [0.29, 0.717) is 6.42 Å². The van der Waals surface area contributed by atoms with Crippen molar-refractivity contribution < 1.29 is 0 Å². The molecule has 0 unspecified atom stereocenters. The third-order valence-corrected chi connectivity index (χ3v) is 10.9. The van der Waals surface area contributed by atoms with E-state index in [4.69, 9.17) is 5.73 Å². The van der Waals surface area contributed by atoms with Gasteiger partial charge in [-0.1, -0.05) is 157 Å². The maximum atomic E-state index is 4.85. The third-order valence-electron chi connectivity index (χ3n) is 10.9. The number of para-hydroxylation sites is 1. The molecular formula is C67H74N6. The molecule has 6 heteroatoms. The van der Waals surface area contributed by atoms with Crippen molar-refractivity contribution >= 4 is 64.1 Å². The summed E-state index contributed by atoms with van der Waals surface area (Å²) < 4.78 is 4.78. The van der Waals surface area contributed by atoms with Crippen LogP contribution in [-0.2, 0) is 6.42 Å². The molecule has 2 N–H and O–H groups in total. The normalized spacial score (nSPS) is 12.4. The molecule has 6 nitrogen and oxygen atoms in total. The minimum absolute atomic E-state index is 0.645. The fourth-order valence-electron chi connectivity index (χ4n) is 8.13. The van der Waals surface area contributed by atoms with Crippen molar-refractivity contribution in [3.63, 3.8) is 0 Å². The largest absolute Gasteiger partial charge is 0.331 e. The molecular weight excluding hydrogens is 889 g/mol. The molecule has 0 bridgehead atoms. The second kappa shape index (κ2) is 32.3. The average Bonchev–Trinajstić information content (AvgIpc) is 3.94. The molecule has 73 heavy (non-hydrogen) atoms. The van der Waals surface area contributed by atoms with Crippen LogP contribution >= 0.6 is 0 Å². The number of aromatic nitrogens is 2. The van der Waals surface area contributed by atoms with Gasteiger partial charge in [0.1, 0.15) is 0 Å². The number of hydrogen-bond donors (Lipinski definition) is 1. The highest BCUT2D eigenvalue weighted by molar-refractivity contribution is 6.12. The molecule has 0 saturated heterocycles. The summed E-state index contributed by atoms with van der Waals surface area (Å²) in [6.45, 7) is 33.1. The van der Waals surface area contributed by atoms with Crippen molar-refractivity contribution in [1.29, 1.82) is 0 Å². The summed E-state index contributed by atoms with van der Waals surface area (Å²) in [4.78, 5) is 11.9. The van der Waals surface area contributed by atoms with Gasteiger partial charge in [-0.25, -0.2) is 0 Å². The lowest BCUT2D eigenvalue weighted by Gasteiger charge is -2.15. The number of aliphatic imine (C=N–C) groups is 3. The molecule has 0 saturated carbocycles. The van der Waals surface area contributed by atoms with Crippen LogP contribution in [0.2, 0.25) is 0 Å². The molecule has 8 rings (SSSR count). The Kier molecular flexibility index (Phi) is 26.0. The second-order valence-electron chi connectivity index (χ2n) is 15.7. The molecule has 0 aliphatic heterocycles. The third kappa shape index (κ3) is 15.7. The van der Waals surface area contributed by atoms with Gasteiger partial charge < -0.3 is 14.9 Å². The summed E-state index contributed by atoms with van der Waals surface area (Å²) >= 11 is 0. The fraction of sp³-hybridized carbons (Fsp3) is 0.149. The van der Waals surface area contributed by atoms with E-state index in [1.165, 1.54) is 55.8 Å². The summed E-state index contributed by atoms with van der Waals surface area (Å²) in [7, 11) is 0. The summed E-state index contributed by atoms with van der Waals surface area (Å²) in [5, 5.41) is 3.60. The van der Waals surface area contributed by atoms with E-state index < -0.39 is 0 Å². The maximum Gasteiger partial charge on any atom is 0.0543 e. The zero-order valence-electron chi connectivity index (χ0n) is 44.2. The Balaban J connectivity index is 0.00000108. The number of terminal acetylenes is 1. The Morgan fingerprint density at radius 3 is 2.03 bits per heavy atom. The molecule has 0 amide bonds. The standard InChI is InChI=1S/C56H47N5.C3H6.C2H7N.2C2H6.C2H2/c1-6-59-33-13-15-41(3)35-48(27-23-40(2)31-34-58-5)60-53-22-11-10-21-49(53)52-38-45(26-30-55(52)60)46-25-28-50-51-36-42(16-14-32-57-4)24-29-54(51)61(56(50)39-46)47-20-12-19-44(37-47)43-17-8-7-9-18-43;1-3-2;1-2-3;3*1-2/h6-22,24-35,37-39H,1-2,4-5,23,36H2,3H3;3H,1H2,2H3;2-3H2,1H3;2*1-2H3;1-2H/b15-13+,32-14-,34-31-,41-35+,42-16-,48-27+,59-33?;;;;;. The van der Waals surface area contributed by atoms with Gasteiger partial charge in [0, 0.05) is 58.8 Å². The first-order valence-electron chi connectivity index (χ1n) is 24.8. The Morgan fingerprint density at radius 2 is 1.33 bits per heavy atom. The molecule has 2 aromatic heterocycles. The predicted molar refractivity (Wildman–Crippen MR) is 328 cm³/mol. The van der Waals surface area contributed by atoms with Crippen LogP contribution in [0.5, 0.6) is 0 Å². The molecule has 5 aromatic carbocycles. The minimum Gasteiger partial charge on any atom is -0.331 e. The number of benzene rings is 5. The number of nitrogens with two attached hydrogens (primary N) is 1. The van der Waals surface area contributed by atoms with Gasteiger partial charge >= 0.3 is 0 Å². The number of nitrogens with zero attached hydrogens (tertiary/aromatic N) is 5. The maximum absolute atomic E-state index is 4.85. The van der Waals surface area contributed by atoms with E-state index >= 15 is 0 Å². The van der Waals surface area contributed by atoms with Crippen molar-refractivity contribution in [2.45, 2.75) is 61.3 Å². The predicted octanol–water partition coefficient (Wildman–Crippen LogP) is 18.0. The first-order valence-corrected chi connectivity index (χ1v) is 24.8. The van der Waals surface area contributed by atoms with Gasteiger partial charge in [-0.15, -0.1) is 19.4 Å². The van der Waals surface area contributed by atoms with Crippen LogP contribution in [0.3, 0.4) is 0 Å². The lowest BCUT2D eigenvalue weighted by Crippen LogP contribution is -2.02. The lowest BCUT2D eigenvalue weighted by atomic mass is 9.95. The van der Waals surface area contributed by atoms with Crippen LogP contribution in [0.4, 0.5) is 0 Å². The molecule has 0 spiro atoms. The Morgan fingerprint density at radius 1 is 0.699 bits per heavy atom. The SMILES string of the molecule is C#C.C=CC.C=CN=C/C=C/C(C)=C/C(=C\CC(=C)/C=C\N=C)n1c2ccccc2c2cc(-c3ccc4c5c(n(-c6cccc(-c7ccccc7)c6)c4c3)C=C/C(=C/C=C\N=C)C5)ccc21.CC.CC.CCN. The smallest absolute Gasteiger partial charge is 0.0543 e. The highest BCUT2D eigenvalue weighted by Gasteiger charge is 2.22. The van der Waals surface area contributed by atoms with Crippen molar-refractivity contribution in [1.82, 2.24) is 9.13 Å². The Labute approximate surface area is 436 Å². The molecule has 2 heterocycles. The lowest BCUT2D eigenvalue weighted by molar-refractivity contribution is 1.06. The highest BCUT2D eigenvalue weighted by Crippen LogP contribution is 2.40. The number of fused-ring (bicyclic) bond motifs is 6. The van der Waals surface area contributed by atoms with Crippen molar-refractivity contribution in [3.05, 3.63) is 236 Å². The first-order chi connectivity index (χ1) is 35.8. The topological polar surface area (TPSA) is 73.0 Å². The van der Waals surface area contributed by atoms with E-state index in [2.05, 4.69) is 229 Å². The number of rotatable bonds is 14. The van der Waals surface area contributed by atoms with Crippen LogP contribution in [0, 0.1) is 12.8 Å². The average molecular weight is 963 g/mol. The van der Waals surface area contributed by atoms with E-state index in [9.17, 15) is 0 Å². The first kappa shape index (κ1) is 58.7. The van der Waals surface area contributed by atoms with Gasteiger partial charge in [0.2, 0.25) is 0 Å². The summed E-state index contributed by atoms with van der Waals surface area (Å²) in [6, 6.07) is 41.9. The van der Waals surface area contributed by atoms with E-state index in [1.54, 1.807) is 24.7 Å². The molecule has 0 fully saturated rings.